The second-order valence-electron chi connectivity index (χ2n) is 5.53. The zero-order chi connectivity index (χ0) is 14.8. The quantitative estimate of drug-likeness (QED) is 0.921. The smallest absolute Gasteiger partial charge is 0.257 e. The molecule has 2 heterocycles. The van der Waals surface area contributed by atoms with Crippen LogP contribution in [0.2, 0.25) is 0 Å². The molecule has 5 nitrogen and oxygen atoms in total. The molecule has 1 aromatic rings. The Hall–Kier alpha value is -1.53. The highest BCUT2D eigenvalue weighted by atomic mass is 32.2. The molecule has 0 aliphatic carbocycles. The summed E-state index contributed by atoms with van der Waals surface area (Å²) in [5, 5.41) is 3.39. The Balaban J connectivity index is 1.92. The molecule has 1 amide bonds. The molecule has 21 heavy (non-hydrogen) atoms. The molecular formula is C15H20N4OS. The van der Waals surface area contributed by atoms with Gasteiger partial charge < -0.3 is 15.1 Å². The van der Waals surface area contributed by atoms with Gasteiger partial charge in [-0.1, -0.05) is 12.1 Å². The van der Waals surface area contributed by atoms with Crippen molar-refractivity contribution >= 4 is 29.2 Å². The number of benzene rings is 1. The predicted molar refractivity (Wildman–Crippen MR) is 88.2 cm³/mol. The van der Waals surface area contributed by atoms with Gasteiger partial charge in [-0.05, 0) is 26.2 Å². The Kier molecular flexibility index (Phi) is 4.17. The van der Waals surface area contributed by atoms with E-state index >= 15 is 0 Å². The van der Waals surface area contributed by atoms with Crippen LogP contribution in [0.1, 0.15) is 10.4 Å². The van der Waals surface area contributed by atoms with E-state index in [-0.39, 0.29) is 11.9 Å². The van der Waals surface area contributed by atoms with E-state index in [0.717, 1.165) is 41.8 Å². The number of hydrogen-bond donors (Lipinski definition) is 1. The maximum Gasteiger partial charge on any atom is 0.257 e. The van der Waals surface area contributed by atoms with Gasteiger partial charge in [-0.25, -0.2) is 0 Å². The minimum Gasteiger partial charge on any atom is -0.342 e. The summed E-state index contributed by atoms with van der Waals surface area (Å²) in [6, 6.07) is 7.75. The molecule has 0 spiro atoms. The van der Waals surface area contributed by atoms with Gasteiger partial charge in [0.25, 0.3) is 5.91 Å². The molecule has 0 aromatic heterocycles. The van der Waals surface area contributed by atoms with Crippen molar-refractivity contribution in [3.63, 3.8) is 0 Å². The van der Waals surface area contributed by atoms with Crippen molar-refractivity contribution in [3.8, 4) is 0 Å². The van der Waals surface area contributed by atoms with Crippen LogP contribution in [0.15, 0.2) is 29.3 Å². The van der Waals surface area contributed by atoms with Crippen LogP contribution in [0.5, 0.6) is 0 Å². The molecule has 0 radical (unpaired) electrons. The van der Waals surface area contributed by atoms with E-state index in [1.165, 1.54) is 0 Å². The zero-order valence-corrected chi connectivity index (χ0v) is 13.2. The summed E-state index contributed by atoms with van der Waals surface area (Å²) in [5.41, 5.74) is 1.60. The van der Waals surface area contributed by atoms with Crippen LogP contribution in [-0.2, 0) is 0 Å². The van der Waals surface area contributed by atoms with Crippen LogP contribution >= 0.6 is 11.8 Å². The van der Waals surface area contributed by atoms with Gasteiger partial charge in [0.05, 0.1) is 29.7 Å². The number of nitrogens with one attached hydrogen (secondary N) is 1. The second kappa shape index (κ2) is 6.07. The van der Waals surface area contributed by atoms with Crippen LogP contribution in [-0.4, -0.2) is 66.4 Å². The molecule has 1 fully saturated rings. The Morgan fingerprint density at radius 1 is 1.43 bits per heavy atom. The van der Waals surface area contributed by atoms with Crippen molar-refractivity contribution in [2.24, 2.45) is 4.99 Å². The third-order valence-electron chi connectivity index (χ3n) is 3.71. The number of aliphatic imine (C=N–C) groups is 1. The molecule has 0 bridgehead atoms. The molecule has 1 N–H and O–H groups in total. The van der Waals surface area contributed by atoms with E-state index in [2.05, 4.69) is 10.2 Å². The fourth-order valence-electron chi connectivity index (χ4n) is 2.54. The minimum absolute atomic E-state index is 0.0667. The lowest BCUT2D eigenvalue weighted by atomic mass is 10.1. The molecule has 0 saturated carbocycles. The summed E-state index contributed by atoms with van der Waals surface area (Å²) in [4.78, 5) is 21.4. The van der Waals surface area contributed by atoms with Crippen molar-refractivity contribution in [2.75, 3.05) is 44.1 Å². The van der Waals surface area contributed by atoms with Crippen molar-refractivity contribution in [2.45, 2.75) is 6.04 Å². The first kappa shape index (κ1) is 14.4. The number of likely N-dealkylation sites (N-methyl/N-ethyl adjacent to an activating group) is 1. The summed E-state index contributed by atoms with van der Waals surface area (Å²) in [5.74, 6) is 2.67. The van der Waals surface area contributed by atoms with Gasteiger partial charge >= 0.3 is 0 Å². The van der Waals surface area contributed by atoms with E-state index in [0.29, 0.717) is 0 Å². The average molecular weight is 304 g/mol. The summed E-state index contributed by atoms with van der Waals surface area (Å²) in [6.07, 6.45) is 0. The molecule has 1 aromatic carbocycles. The SMILES string of the molecule is CN(C)CCN=C1Nc2ccccc2C(=O)N2CSC[C@@H]12. The normalized spacial score (nSPS) is 23.0. The van der Waals surface area contributed by atoms with Crippen LogP contribution in [0.4, 0.5) is 5.69 Å². The number of hydrogen-bond acceptors (Lipinski definition) is 4. The number of nitrogens with zero attached hydrogens (tertiary/aromatic N) is 3. The van der Waals surface area contributed by atoms with Crippen molar-refractivity contribution in [1.29, 1.82) is 0 Å². The number of thioether (sulfide) groups is 1. The largest absolute Gasteiger partial charge is 0.342 e. The summed E-state index contributed by atoms with van der Waals surface area (Å²) in [7, 11) is 4.08. The summed E-state index contributed by atoms with van der Waals surface area (Å²) >= 11 is 1.78. The monoisotopic (exact) mass is 304 g/mol. The Bertz CT molecular complexity index is 573. The highest BCUT2D eigenvalue weighted by Crippen LogP contribution is 2.30. The van der Waals surface area contributed by atoms with Gasteiger partial charge in [-0.2, -0.15) is 0 Å². The number of carbonyl (C=O) groups is 1. The van der Waals surface area contributed by atoms with Gasteiger partial charge in [-0.15, -0.1) is 11.8 Å². The lowest BCUT2D eigenvalue weighted by Crippen LogP contribution is -2.42. The van der Waals surface area contributed by atoms with Crippen LogP contribution in [0.3, 0.4) is 0 Å². The van der Waals surface area contributed by atoms with Gasteiger partial charge in [0, 0.05) is 12.3 Å². The van der Waals surface area contributed by atoms with Gasteiger partial charge in [-0.3, -0.25) is 9.79 Å². The molecule has 1 atom stereocenters. The van der Waals surface area contributed by atoms with Crippen molar-refractivity contribution in [3.05, 3.63) is 29.8 Å². The first-order valence-electron chi connectivity index (χ1n) is 7.10. The lowest BCUT2D eigenvalue weighted by molar-refractivity contribution is 0.0783. The number of rotatable bonds is 3. The Labute approximate surface area is 129 Å². The Morgan fingerprint density at radius 2 is 2.24 bits per heavy atom. The molecule has 2 aliphatic heterocycles. The van der Waals surface area contributed by atoms with Gasteiger partial charge in [0.1, 0.15) is 5.84 Å². The third kappa shape index (κ3) is 2.91. The zero-order valence-electron chi connectivity index (χ0n) is 12.4. The second-order valence-corrected chi connectivity index (χ2v) is 6.53. The van der Waals surface area contributed by atoms with Crippen molar-refractivity contribution in [1.82, 2.24) is 9.80 Å². The highest BCUT2D eigenvalue weighted by Gasteiger charge is 2.37. The number of anilines is 1. The van der Waals surface area contributed by atoms with Crippen LogP contribution in [0, 0.1) is 0 Å². The standard InChI is InChI=1S/C15H20N4OS/c1-18(2)8-7-16-14-13-9-21-10-19(13)15(20)11-5-3-4-6-12(11)17-14/h3-6,13H,7-10H2,1-2H3,(H,16,17)/t13-/m0/s1. The highest BCUT2D eigenvalue weighted by molar-refractivity contribution is 7.99. The number of para-hydroxylation sites is 1. The predicted octanol–water partition coefficient (Wildman–Crippen LogP) is 1.59. The fourth-order valence-corrected chi connectivity index (χ4v) is 3.70. The number of fused-ring (bicyclic) bond motifs is 2. The van der Waals surface area contributed by atoms with E-state index in [4.69, 9.17) is 4.99 Å². The van der Waals surface area contributed by atoms with E-state index in [1.54, 1.807) is 11.8 Å². The number of carbonyl (C=O) groups excluding carboxylic acids is 1. The summed E-state index contributed by atoms with van der Waals surface area (Å²) < 4.78 is 0. The first-order chi connectivity index (χ1) is 10.2. The molecule has 1 saturated heterocycles. The van der Waals surface area contributed by atoms with E-state index in [9.17, 15) is 4.79 Å². The van der Waals surface area contributed by atoms with E-state index in [1.807, 2.05) is 43.3 Å². The van der Waals surface area contributed by atoms with Gasteiger partial charge in [0.2, 0.25) is 0 Å². The van der Waals surface area contributed by atoms with Crippen LogP contribution < -0.4 is 5.32 Å². The van der Waals surface area contributed by atoms with Gasteiger partial charge in [0.15, 0.2) is 0 Å². The summed E-state index contributed by atoms with van der Waals surface area (Å²) in [6.45, 7) is 1.64. The topological polar surface area (TPSA) is 47.9 Å². The average Bonchev–Trinajstić information content (AvgIpc) is 2.91. The molecule has 112 valence electrons. The molecular weight excluding hydrogens is 284 g/mol. The minimum atomic E-state index is 0.0667. The molecule has 2 aliphatic rings. The van der Waals surface area contributed by atoms with Crippen LogP contribution in [0.25, 0.3) is 0 Å². The fraction of sp³-hybridized carbons (Fsp3) is 0.467. The molecule has 6 heteroatoms. The molecule has 0 unspecified atom stereocenters. The maximum absolute atomic E-state index is 12.7. The number of amidine groups is 1. The van der Waals surface area contributed by atoms with Crippen molar-refractivity contribution < 1.29 is 4.79 Å². The third-order valence-corrected chi connectivity index (χ3v) is 4.72. The first-order valence-corrected chi connectivity index (χ1v) is 8.26. The number of amides is 1. The Morgan fingerprint density at radius 3 is 3.05 bits per heavy atom. The lowest BCUT2D eigenvalue weighted by Gasteiger charge is -2.22. The maximum atomic E-state index is 12.7. The molecule has 3 rings (SSSR count). The van der Waals surface area contributed by atoms with E-state index < -0.39 is 0 Å².